The first-order valence-electron chi connectivity index (χ1n) is 4.49. The molecule has 112 valence electrons. The van der Waals surface area contributed by atoms with Crippen LogP contribution in [0.3, 0.4) is 0 Å². The number of hydrazone groups is 1. The van der Waals surface area contributed by atoms with Crippen molar-refractivity contribution < 1.29 is 39.5 Å². The largest absolute Gasteiger partial charge is 0.460 e. The van der Waals surface area contributed by atoms with Crippen molar-refractivity contribution in [1.29, 1.82) is 0 Å². The molecule has 0 amide bonds. The molecule has 19 heavy (non-hydrogen) atoms. The second kappa shape index (κ2) is 4.07. The Labute approximate surface area is 99.6 Å². The van der Waals surface area contributed by atoms with Gasteiger partial charge in [0.2, 0.25) is 5.84 Å². The highest BCUT2D eigenvalue weighted by Crippen LogP contribution is 2.53. The van der Waals surface area contributed by atoms with Crippen molar-refractivity contribution in [3.63, 3.8) is 0 Å². The Kier molecular flexibility index (Phi) is 3.36. The van der Waals surface area contributed by atoms with Gasteiger partial charge in [-0.1, -0.05) is 0 Å². The maximum atomic E-state index is 13.2. The third-order valence-electron chi connectivity index (χ3n) is 2.28. The lowest BCUT2D eigenvalue weighted by molar-refractivity contribution is -0.385. The van der Waals surface area contributed by atoms with E-state index in [9.17, 15) is 39.5 Å². The van der Waals surface area contributed by atoms with E-state index < -0.39 is 36.4 Å². The summed E-state index contributed by atoms with van der Waals surface area (Å²) in [5.74, 6) is -21.3. The van der Waals surface area contributed by atoms with Gasteiger partial charge in [-0.05, 0) is 0 Å². The molecular weight excluding hydrogens is 297 g/mol. The van der Waals surface area contributed by atoms with Crippen LogP contribution < -0.4 is 5.43 Å². The Morgan fingerprint density at radius 1 is 0.947 bits per heavy atom. The van der Waals surface area contributed by atoms with Crippen LogP contribution in [0.4, 0.5) is 39.5 Å². The summed E-state index contributed by atoms with van der Waals surface area (Å²) in [6, 6.07) is 0. The summed E-state index contributed by atoms with van der Waals surface area (Å²) in [5.41, 5.74) is 1.76. The maximum Gasteiger partial charge on any atom is 0.460 e. The van der Waals surface area contributed by atoms with E-state index in [4.69, 9.17) is 0 Å². The minimum Gasteiger partial charge on any atom is -0.338 e. The number of rotatable bonds is 3. The Morgan fingerprint density at radius 2 is 1.42 bits per heavy atom. The Hall–Kier alpha value is -1.36. The summed E-state index contributed by atoms with van der Waals surface area (Å²) < 4.78 is 113. The SMILES string of the molecule is CN1CNN=C1C(F)(F)C(F)(F)C(F)(F)C(F)(F)F. The van der Waals surface area contributed by atoms with Gasteiger partial charge in [0, 0.05) is 7.05 Å². The van der Waals surface area contributed by atoms with Gasteiger partial charge in [-0.2, -0.15) is 44.6 Å². The van der Waals surface area contributed by atoms with Crippen molar-refractivity contribution in [1.82, 2.24) is 10.3 Å². The number of amidine groups is 1. The monoisotopic (exact) mass is 303 g/mol. The molecule has 0 aromatic rings. The molecule has 12 heteroatoms. The minimum atomic E-state index is -6.91. The van der Waals surface area contributed by atoms with Crippen molar-refractivity contribution in [2.24, 2.45) is 5.10 Å². The van der Waals surface area contributed by atoms with Crippen molar-refractivity contribution in [2.75, 3.05) is 13.7 Å². The quantitative estimate of drug-likeness (QED) is 0.810. The second-order valence-corrected chi connectivity index (χ2v) is 3.67. The van der Waals surface area contributed by atoms with E-state index in [1.165, 1.54) is 0 Å². The third-order valence-corrected chi connectivity index (χ3v) is 2.28. The summed E-state index contributed by atoms with van der Waals surface area (Å²) in [6.07, 6.45) is -6.83. The fourth-order valence-electron chi connectivity index (χ4n) is 1.20. The molecule has 0 unspecified atom stereocenters. The molecule has 0 aromatic carbocycles. The predicted octanol–water partition coefficient (Wildman–Crippen LogP) is 2.26. The number of halogens is 9. The van der Waals surface area contributed by atoms with Crippen LogP contribution in [0.15, 0.2) is 5.10 Å². The molecule has 0 saturated heterocycles. The van der Waals surface area contributed by atoms with Crippen LogP contribution in [0.1, 0.15) is 0 Å². The van der Waals surface area contributed by atoms with Gasteiger partial charge in [0.25, 0.3) is 0 Å². The molecule has 1 aliphatic rings. The highest BCUT2D eigenvalue weighted by Gasteiger charge is 2.83. The zero-order chi connectivity index (χ0) is 15.3. The highest BCUT2D eigenvalue weighted by molar-refractivity contribution is 5.90. The van der Waals surface area contributed by atoms with Crippen LogP contribution in [0.5, 0.6) is 0 Å². The van der Waals surface area contributed by atoms with Crippen molar-refractivity contribution in [3.8, 4) is 0 Å². The third kappa shape index (κ3) is 2.06. The Bertz CT molecular complexity index is 386. The zero-order valence-corrected chi connectivity index (χ0v) is 9.00. The molecule has 1 N–H and O–H groups in total. The van der Waals surface area contributed by atoms with E-state index in [1.54, 1.807) is 5.43 Å². The van der Waals surface area contributed by atoms with Gasteiger partial charge in [0.05, 0.1) is 0 Å². The first kappa shape index (κ1) is 15.7. The standard InChI is InChI=1S/C7H6F9N3/c1-19-2-17-18-3(19)4(8,9)5(10,11)6(12,13)7(14,15)16/h17H,2H2,1H3. The molecule has 0 fully saturated rings. The molecule has 1 aliphatic heterocycles. The fourth-order valence-corrected chi connectivity index (χ4v) is 1.20. The first-order chi connectivity index (χ1) is 8.27. The van der Waals surface area contributed by atoms with E-state index in [2.05, 4.69) is 5.10 Å². The fraction of sp³-hybridized carbons (Fsp3) is 0.857. The summed E-state index contributed by atoms with van der Waals surface area (Å²) in [6.45, 7) is -0.529. The predicted molar refractivity (Wildman–Crippen MR) is 44.1 cm³/mol. The van der Waals surface area contributed by atoms with Crippen molar-refractivity contribution in [2.45, 2.75) is 23.9 Å². The highest BCUT2D eigenvalue weighted by atomic mass is 19.4. The van der Waals surface area contributed by atoms with Crippen LogP contribution in [0.2, 0.25) is 0 Å². The molecule has 0 bridgehead atoms. The Morgan fingerprint density at radius 3 is 1.74 bits per heavy atom. The topological polar surface area (TPSA) is 27.6 Å². The van der Waals surface area contributed by atoms with Crippen LogP contribution in [-0.2, 0) is 0 Å². The number of hydrogen-bond acceptors (Lipinski definition) is 3. The Balaban J connectivity index is 3.26. The average molecular weight is 303 g/mol. The molecule has 0 radical (unpaired) electrons. The maximum absolute atomic E-state index is 13.2. The zero-order valence-electron chi connectivity index (χ0n) is 9.00. The van der Waals surface area contributed by atoms with Gasteiger partial charge in [0.15, 0.2) is 0 Å². The lowest BCUT2D eigenvalue weighted by Crippen LogP contribution is -2.64. The summed E-state index contributed by atoms with van der Waals surface area (Å²) in [4.78, 5) is 0.292. The van der Waals surface area contributed by atoms with Crippen LogP contribution in [0, 0.1) is 0 Å². The molecule has 1 heterocycles. The summed E-state index contributed by atoms with van der Waals surface area (Å²) >= 11 is 0. The smallest absolute Gasteiger partial charge is 0.338 e. The van der Waals surface area contributed by atoms with E-state index in [1.807, 2.05) is 0 Å². The summed E-state index contributed by atoms with van der Waals surface area (Å²) in [7, 11) is 0.772. The first-order valence-corrected chi connectivity index (χ1v) is 4.49. The number of alkyl halides is 9. The molecule has 0 atom stereocenters. The molecule has 3 nitrogen and oxygen atoms in total. The van der Waals surface area contributed by atoms with Gasteiger partial charge in [-0.15, -0.1) is 0 Å². The van der Waals surface area contributed by atoms with Gasteiger partial charge < -0.3 is 4.90 Å². The van der Waals surface area contributed by atoms with Gasteiger partial charge in [0.1, 0.15) is 6.67 Å². The van der Waals surface area contributed by atoms with Crippen LogP contribution >= 0.6 is 0 Å². The molecule has 0 saturated carbocycles. The molecule has 0 aromatic heterocycles. The summed E-state index contributed by atoms with van der Waals surface area (Å²) in [5, 5.41) is 2.61. The lowest BCUT2D eigenvalue weighted by Gasteiger charge is -2.34. The van der Waals surface area contributed by atoms with E-state index in [-0.39, 0.29) is 0 Å². The van der Waals surface area contributed by atoms with Crippen LogP contribution in [0.25, 0.3) is 0 Å². The average Bonchev–Trinajstić information content (AvgIpc) is 2.62. The van der Waals surface area contributed by atoms with Crippen molar-refractivity contribution in [3.05, 3.63) is 0 Å². The van der Waals surface area contributed by atoms with Gasteiger partial charge in [-0.3, -0.25) is 5.43 Å². The van der Waals surface area contributed by atoms with Gasteiger partial charge in [-0.25, -0.2) is 0 Å². The normalized spacial score (nSPS) is 18.4. The van der Waals surface area contributed by atoms with Crippen LogP contribution in [-0.4, -0.2) is 48.4 Å². The van der Waals surface area contributed by atoms with Crippen molar-refractivity contribution >= 4 is 5.84 Å². The number of nitrogens with one attached hydrogen (secondary N) is 1. The molecule has 1 rings (SSSR count). The number of nitrogens with zero attached hydrogens (tertiary/aromatic N) is 2. The molecular formula is C7H6F9N3. The second-order valence-electron chi connectivity index (χ2n) is 3.67. The lowest BCUT2D eigenvalue weighted by atomic mass is 10.0. The number of hydrogen-bond donors (Lipinski definition) is 1. The van der Waals surface area contributed by atoms with Gasteiger partial charge >= 0.3 is 23.9 Å². The minimum absolute atomic E-state index is 0.292. The van der Waals surface area contributed by atoms with E-state index >= 15 is 0 Å². The van der Waals surface area contributed by atoms with E-state index in [0.717, 1.165) is 7.05 Å². The molecule has 0 aliphatic carbocycles. The van der Waals surface area contributed by atoms with E-state index in [0.29, 0.717) is 4.90 Å². The molecule has 0 spiro atoms.